The van der Waals surface area contributed by atoms with Gasteiger partial charge in [0.2, 0.25) is 5.91 Å². The summed E-state index contributed by atoms with van der Waals surface area (Å²) in [5, 5.41) is 0. The summed E-state index contributed by atoms with van der Waals surface area (Å²) in [6.07, 6.45) is 2.76. The largest absolute Gasteiger partial charge is 0.379 e. The predicted molar refractivity (Wildman–Crippen MR) is 86.7 cm³/mol. The Morgan fingerprint density at radius 2 is 2.13 bits per heavy atom. The summed E-state index contributed by atoms with van der Waals surface area (Å²) >= 11 is 0. The highest BCUT2D eigenvalue weighted by molar-refractivity contribution is 5.82. The Balaban J connectivity index is 1.64. The van der Waals surface area contributed by atoms with Crippen LogP contribution in [-0.4, -0.2) is 60.6 Å². The monoisotopic (exact) mass is 320 g/mol. The molecule has 2 aliphatic heterocycles. The lowest BCUT2D eigenvalue weighted by Gasteiger charge is -2.35. The molecule has 5 heteroatoms. The summed E-state index contributed by atoms with van der Waals surface area (Å²) < 4.78 is 18.7. The topological polar surface area (TPSA) is 32.8 Å². The first-order chi connectivity index (χ1) is 11.1. The number of nitrogens with zero attached hydrogens (tertiary/aromatic N) is 2. The Kier molecular flexibility index (Phi) is 5.28. The van der Waals surface area contributed by atoms with E-state index in [2.05, 4.69) is 4.90 Å². The van der Waals surface area contributed by atoms with Crippen molar-refractivity contribution in [2.75, 3.05) is 32.8 Å². The van der Waals surface area contributed by atoms with Crippen molar-refractivity contribution in [1.82, 2.24) is 9.80 Å². The molecule has 0 saturated carbocycles. The van der Waals surface area contributed by atoms with Gasteiger partial charge in [0.1, 0.15) is 5.82 Å². The van der Waals surface area contributed by atoms with E-state index in [-0.39, 0.29) is 23.8 Å². The Bertz CT molecular complexity index is 546. The van der Waals surface area contributed by atoms with Gasteiger partial charge < -0.3 is 9.64 Å². The number of carbonyl (C=O) groups excluding carboxylic acids is 1. The fourth-order valence-electron chi connectivity index (χ4n) is 3.64. The molecule has 1 aromatic rings. The van der Waals surface area contributed by atoms with Gasteiger partial charge in [-0.15, -0.1) is 0 Å². The van der Waals surface area contributed by atoms with Gasteiger partial charge in [0.25, 0.3) is 0 Å². The standard InChI is InChI=1S/C18H25FN2O2/c1-14(20-8-10-23-11-9-20)18(22)21-7-3-6-17(21)13-15-4-2-5-16(19)12-15/h2,4-5,12,14,17H,3,6-11,13H2,1H3/t14-,17+/m0/s1. The van der Waals surface area contributed by atoms with E-state index in [0.29, 0.717) is 13.2 Å². The van der Waals surface area contributed by atoms with Crippen LogP contribution in [0.2, 0.25) is 0 Å². The average molecular weight is 320 g/mol. The van der Waals surface area contributed by atoms with Crippen LogP contribution in [0, 0.1) is 5.82 Å². The second-order valence-electron chi connectivity index (χ2n) is 6.49. The van der Waals surface area contributed by atoms with E-state index in [9.17, 15) is 9.18 Å². The van der Waals surface area contributed by atoms with E-state index >= 15 is 0 Å². The minimum absolute atomic E-state index is 0.105. The van der Waals surface area contributed by atoms with E-state index in [1.165, 1.54) is 6.07 Å². The summed E-state index contributed by atoms with van der Waals surface area (Å²) in [5.41, 5.74) is 0.966. The fraction of sp³-hybridized carbons (Fsp3) is 0.611. The first-order valence-corrected chi connectivity index (χ1v) is 8.52. The number of amides is 1. The van der Waals surface area contributed by atoms with E-state index in [1.54, 1.807) is 12.1 Å². The summed E-state index contributed by atoms with van der Waals surface area (Å²) in [6, 6.07) is 6.80. The molecule has 3 rings (SSSR count). The third-order valence-corrected chi connectivity index (χ3v) is 4.97. The molecule has 0 aromatic heterocycles. The highest BCUT2D eigenvalue weighted by atomic mass is 19.1. The molecule has 1 amide bonds. The third kappa shape index (κ3) is 3.90. The van der Waals surface area contributed by atoms with Gasteiger partial charge in [-0.05, 0) is 43.9 Å². The van der Waals surface area contributed by atoms with Crippen LogP contribution in [0.1, 0.15) is 25.3 Å². The van der Waals surface area contributed by atoms with Crippen molar-refractivity contribution < 1.29 is 13.9 Å². The molecule has 1 aromatic carbocycles. The third-order valence-electron chi connectivity index (χ3n) is 4.97. The number of hydrogen-bond acceptors (Lipinski definition) is 3. The lowest BCUT2D eigenvalue weighted by Crippen LogP contribution is -2.52. The summed E-state index contributed by atoms with van der Waals surface area (Å²) in [5.74, 6) is -0.00846. The minimum Gasteiger partial charge on any atom is -0.379 e. The number of morpholine rings is 1. The van der Waals surface area contributed by atoms with Gasteiger partial charge >= 0.3 is 0 Å². The number of hydrogen-bond donors (Lipinski definition) is 0. The molecule has 126 valence electrons. The van der Waals surface area contributed by atoms with Crippen molar-refractivity contribution in [1.29, 1.82) is 0 Å². The Labute approximate surface area is 137 Å². The van der Waals surface area contributed by atoms with Crippen molar-refractivity contribution in [3.63, 3.8) is 0 Å². The summed E-state index contributed by atoms with van der Waals surface area (Å²) in [6.45, 7) is 5.83. The molecule has 0 N–H and O–H groups in total. The lowest BCUT2D eigenvalue weighted by molar-refractivity contribution is -0.138. The van der Waals surface area contributed by atoms with Gasteiger partial charge in [-0.25, -0.2) is 4.39 Å². The van der Waals surface area contributed by atoms with Crippen LogP contribution in [0.4, 0.5) is 4.39 Å². The van der Waals surface area contributed by atoms with Crippen molar-refractivity contribution in [2.45, 2.75) is 38.3 Å². The molecular weight excluding hydrogens is 295 g/mol. The summed E-state index contributed by atoms with van der Waals surface area (Å²) in [4.78, 5) is 17.1. The van der Waals surface area contributed by atoms with Crippen LogP contribution in [0.15, 0.2) is 24.3 Å². The zero-order chi connectivity index (χ0) is 16.2. The molecule has 0 aliphatic carbocycles. The van der Waals surface area contributed by atoms with Crippen LogP contribution in [0.3, 0.4) is 0 Å². The zero-order valence-corrected chi connectivity index (χ0v) is 13.7. The van der Waals surface area contributed by atoms with Crippen molar-refractivity contribution >= 4 is 5.91 Å². The maximum atomic E-state index is 13.4. The molecule has 2 fully saturated rings. The molecule has 2 heterocycles. The molecule has 0 bridgehead atoms. The average Bonchev–Trinajstić information content (AvgIpc) is 3.02. The number of halogens is 1. The number of likely N-dealkylation sites (tertiary alicyclic amines) is 1. The molecular formula is C18H25FN2O2. The predicted octanol–water partition coefficient (Wildman–Crippen LogP) is 2.08. The number of benzene rings is 1. The van der Waals surface area contributed by atoms with Gasteiger partial charge in [0.05, 0.1) is 19.3 Å². The lowest BCUT2D eigenvalue weighted by atomic mass is 10.0. The normalized spacial score (nSPS) is 23.9. The first kappa shape index (κ1) is 16.4. The minimum atomic E-state index is -0.208. The molecule has 4 nitrogen and oxygen atoms in total. The molecule has 23 heavy (non-hydrogen) atoms. The van der Waals surface area contributed by atoms with Gasteiger partial charge in [-0.3, -0.25) is 9.69 Å². The van der Waals surface area contributed by atoms with Crippen LogP contribution >= 0.6 is 0 Å². The van der Waals surface area contributed by atoms with Crippen LogP contribution in [0.5, 0.6) is 0 Å². The molecule has 0 radical (unpaired) electrons. The van der Waals surface area contributed by atoms with Crippen molar-refractivity contribution in [3.8, 4) is 0 Å². The SMILES string of the molecule is C[C@@H](C(=O)N1CCC[C@@H]1Cc1cccc(F)c1)N1CCOCC1. The maximum absolute atomic E-state index is 13.4. The highest BCUT2D eigenvalue weighted by Crippen LogP contribution is 2.23. The van der Waals surface area contributed by atoms with Crippen molar-refractivity contribution in [2.24, 2.45) is 0 Å². The number of carbonyl (C=O) groups is 1. The molecule has 0 unspecified atom stereocenters. The van der Waals surface area contributed by atoms with E-state index in [1.807, 2.05) is 17.9 Å². The second-order valence-corrected chi connectivity index (χ2v) is 6.49. The van der Waals surface area contributed by atoms with Gasteiger partial charge in [-0.1, -0.05) is 12.1 Å². The molecule has 2 aliphatic rings. The highest BCUT2D eigenvalue weighted by Gasteiger charge is 2.34. The van der Waals surface area contributed by atoms with Crippen LogP contribution in [-0.2, 0) is 16.0 Å². The summed E-state index contributed by atoms with van der Waals surface area (Å²) in [7, 11) is 0. The first-order valence-electron chi connectivity index (χ1n) is 8.52. The van der Waals surface area contributed by atoms with Crippen LogP contribution in [0.25, 0.3) is 0 Å². The quantitative estimate of drug-likeness (QED) is 0.851. The Morgan fingerprint density at radius 3 is 2.87 bits per heavy atom. The second kappa shape index (κ2) is 7.41. The molecule has 2 saturated heterocycles. The van der Waals surface area contributed by atoms with E-state index < -0.39 is 0 Å². The fourth-order valence-corrected chi connectivity index (χ4v) is 3.64. The number of ether oxygens (including phenoxy) is 1. The van der Waals surface area contributed by atoms with E-state index in [4.69, 9.17) is 4.74 Å². The van der Waals surface area contributed by atoms with Crippen molar-refractivity contribution in [3.05, 3.63) is 35.6 Å². The van der Waals surface area contributed by atoms with Gasteiger partial charge in [0, 0.05) is 25.7 Å². The van der Waals surface area contributed by atoms with Gasteiger partial charge in [0.15, 0.2) is 0 Å². The van der Waals surface area contributed by atoms with Gasteiger partial charge in [-0.2, -0.15) is 0 Å². The Morgan fingerprint density at radius 1 is 1.35 bits per heavy atom. The molecule has 2 atom stereocenters. The maximum Gasteiger partial charge on any atom is 0.239 e. The zero-order valence-electron chi connectivity index (χ0n) is 13.7. The number of rotatable bonds is 4. The van der Waals surface area contributed by atoms with E-state index in [0.717, 1.165) is 44.5 Å². The smallest absolute Gasteiger partial charge is 0.239 e. The molecule has 0 spiro atoms. The van der Waals surface area contributed by atoms with Crippen LogP contribution < -0.4 is 0 Å². The Hall–Kier alpha value is -1.46.